The van der Waals surface area contributed by atoms with Crippen LogP contribution in [-0.2, 0) is 0 Å². The summed E-state index contributed by atoms with van der Waals surface area (Å²) >= 11 is 0. The van der Waals surface area contributed by atoms with Crippen LogP contribution in [0.2, 0.25) is 0 Å². The second-order valence-electron chi connectivity index (χ2n) is 4.69. The number of aromatic nitrogens is 1. The highest BCUT2D eigenvalue weighted by Gasteiger charge is 2.40. The summed E-state index contributed by atoms with van der Waals surface area (Å²) in [5, 5.41) is 3.60. The molecule has 2 saturated heterocycles. The summed E-state index contributed by atoms with van der Waals surface area (Å²) in [6, 6.07) is 4.18. The van der Waals surface area contributed by atoms with E-state index in [1.54, 1.807) is 0 Å². The number of hydrogen-bond donors (Lipinski definition) is 1. The third-order valence-electron chi connectivity index (χ3n) is 3.69. The molecule has 15 heavy (non-hydrogen) atoms. The minimum Gasteiger partial charge on any atom is -0.368 e. The maximum absolute atomic E-state index is 4.19. The molecule has 3 heterocycles. The van der Waals surface area contributed by atoms with Crippen LogP contribution in [0.5, 0.6) is 0 Å². The zero-order valence-electron chi connectivity index (χ0n) is 8.95. The van der Waals surface area contributed by atoms with Gasteiger partial charge in [0.05, 0.1) is 11.9 Å². The van der Waals surface area contributed by atoms with Gasteiger partial charge in [0, 0.05) is 24.8 Å². The Labute approximate surface area is 90.5 Å². The van der Waals surface area contributed by atoms with Crippen molar-refractivity contribution in [3.63, 3.8) is 0 Å². The molecule has 3 nitrogen and oxygen atoms in total. The lowest BCUT2D eigenvalue weighted by atomic mass is 9.80. The lowest BCUT2D eigenvalue weighted by Gasteiger charge is -2.50. The van der Waals surface area contributed by atoms with Crippen molar-refractivity contribution >= 4 is 5.69 Å². The van der Waals surface area contributed by atoms with Crippen LogP contribution in [0, 0.1) is 0 Å². The Hall–Kier alpha value is -1.09. The minimum absolute atomic E-state index is 0.425. The normalized spacial score (nSPS) is 30.3. The molecule has 2 aliphatic rings. The molecule has 3 heteroatoms. The first-order valence-corrected chi connectivity index (χ1v) is 5.78. The van der Waals surface area contributed by atoms with Gasteiger partial charge in [-0.1, -0.05) is 0 Å². The van der Waals surface area contributed by atoms with Crippen LogP contribution in [0.3, 0.4) is 0 Å². The van der Waals surface area contributed by atoms with E-state index in [4.69, 9.17) is 0 Å². The quantitative estimate of drug-likeness (QED) is 0.748. The van der Waals surface area contributed by atoms with E-state index in [0.29, 0.717) is 5.54 Å². The molecule has 0 aromatic carbocycles. The maximum Gasteiger partial charge on any atom is 0.0553 e. The van der Waals surface area contributed by atoms with Gasteiger partial charge >= 0.3 is 0 Å². The first kappa shape index (κ1) is 9.16. The van der Waals surface area contributed by atoms with Crippen LogP contribution in [-0.4, -0.2) is 30.2 Å². The molecule has 1 spiro atoms. The summed E-state index contributed by atoms with van der Waals surface area (Å²) in [4.78, 5) is 6.65. The van der Waals surface area contributed by atoms with Crippen molar-refractivity contribution in [1.29, 1.82) is 0 Å². The summed E-state index contributed by atoms with van der Waals surface area (Å²) < 4.78 is 0. The van der Waals surface area contributed by atoms with Crippen molar-refractivity contribution in [2.24, 2.45) is 0 Å². The highest BCUT2D eigenvalue weighted by Crippen LogP contribution is 2.31. The third-order valence-corrected chi connectivity index (χ3v) is 3.69. The SMILES string of the molecule is c1cncc(N2CCCC3(CCN3)C2)c1. The molecule has 1 atom stereocenters. The molecule has 0 radical (unpaired) electrons. The van der Waals surface area contributed by atoms with E-state index in [1.807, 2.05) is 18.5 Å². The topological polar surface area (TPSA) is 28.2 Å². The van der Waals surface area contributed by atoms with Gasteiger partial charge in [0.2, 0.25) is 0 Å². The molecule has 80 valence electrons. The van der Waals surface area contributed by atoms with Crippen LogP contribution >= 0.6 is 0 Å². The highest BCUT2D eigenvalue weighted by molar-refractivity contribution is 5.45. The molecular formula is C12H17N3. The van der Waals surface area contributed by atoms with Gasteiger partial charge in [0.15, 0.2) is 0 Å². The molecule has 0 amide bonds. The smallest absolute Gasteiger partial charge is 0.0553 e. The second kappa shape index (κ2) is 3.49. The van der Waals surface area contributed by atoms with E-state index in [2.05, 4.69) is 21.3 Å². The van der Waals surface area contributed by atoms with E-state index in [0.717, 1.165) is 6.54 Å². The Kier molecular flexibility index (Phi) is 2.13. The van der Waals surface area contributed by atoms with E-state index in [-0.39, 0.29) is 0 Å². The monoisotopic (exact) mass is 203 g/mol. The molecule has 0 aliphatic carbocycles. The van der Waals surface area contributed by atoms with Crippen LogP contribution in [0.4, 0.5) is 5.69 Å². The summed E-state index contributed by atoms with van der Waals surface area (Å²) in [6.45, 7) is 3.52. The number of nitrogens with one attached hydrogen (secondary N) is 1. The molecule has 1 unspecified atom stereocenters. The Bertz CT molecular complexity index is 332. The predicted molar refractivity (Wildman–Crippen MR) is 61.0 cm³/mol. The first-order valence-electron chi connectivity index (χ1n) is 5.78. The number of pyridine rings is 1. The Morgan fingerprint density at radius 1 is 1.40 bits per heavy atom. The standard InChI is InChI=1S/C12H17N3/c1-3-11(9-13-6-1)15-8-2-4-12(10-15)5-7-14-12/h1,3,6,9,14H,2,4-5,7-8,10H2. The largest absolute Gasteiger partial charge is 0.368 e. The zero-order valence-corrected chi connectivity index (χ0v) is 8.95. The summed E-state index contributed by atoms with van der Waals surface area (Å²) in [6.07, 6.45) is 7.78. The average Bonchev–Trinajstić information content (AvgIpc) is 2.28. The predicted octanol–water partition coefficient (Wildman–Crippen LogP) is 1.41. The van der Waals surface area contributed by atoms with Gasteiger partial charge in [-0.05, 0) is 37.9 Å². The molecule has 1 aromatic heterocycles. The maximum atomic E-state index is 4.19. The average molecular weight is 203 g/mol. The van der Waals surface area contributed by atoms with Crippen molar-refractivity contribution in [2.75, 3.05) is 24.5 Å². The molecule has 0 saturated carbocycles. The van der Waals surface area contributed by atoms with Gasteiger partial charge in [0.25, 0.3) is 0 Å². The Morgan fingerprint density at radius 2 is 2.33 bits per heavy atom. The van der Waals surface area contributed by atoms with Crippen LogP contribution < -0.4 is 10.2 Å². The highest BCUT2D eigenvalue weighted by atomic mass is 15.2. The van der Waals surface area contributed by atoms with Gasteiger partial charge in [-0.3, -0.25) is 4.98 Å². The van der Waals surface area contributed by atoms with Gasteiger partial charge < -0.3 is 10.2 Å². The van der Waals surface area contributed by atoms with E-state index in [1.165, 1.54) is 38.0 Å². The molecular weight excluding hydrogens is 186 g/mol. The molecule has 1 N–H and O–H groups in total. The van der Waals surface area contributed by atoms with Crippen LogP contribution in [0.1, 0.15) is 19.3 Å². The van der Waals surface area contributed by atoms with E-state index >= 15 is 0 Å². The summed E-state index contributed by atoms with van der Waals surface area (Å²) in [5.74, 6) is 0. The molecule has 2 fully saturated rings. The molecule has 3 rings (SSSR count). The fourth-order valence-corrected chi connectivity index (χ4v) is 2.72. The van der Waals surface area contributed by atoms with Crippen LogP contribution in [0.25, 0.3) is 0 Å². The fourth-order valence-electron chi connectivity index (χ4n) is 2.72. The first-order chi connectivity index (χ1) is 7.38. The Balaban J connectivity index is 1.77. The van der Waals surface area contributed by atoms with Gasteiger partial charge in [-0.25, -0.2) is 0 Å². The number of nitrogens with zero attached hydrogens (tertiary/aromatic N) is 2. The zero-order chi connectivity index (χ0) is 10.1. The molecule has 0 bridgehead atoms. The van der Waals surface area contributed by atoms with Crippen molar-refractivity contribution in [1.82, 2.24) is 10.3 Å². The number of anilines is 1. The third kappa shape index (κ3) is 1.61. The molecule has 2 aliphatic heterocycles. The lowest BCUT2D eigenvalue weighted by molar-refractivity contribution is 0.175. The summed E-state index contributed by atoms with van der Waals surface area (Å²) in [5.41, 5.74) is 1.69. The second-order valence-corrected chi connectivity index (χ2v) is 4.69. The van der Waals surface area contributed by atoms with E-state index < -0.39 is 0 Å². The molecule has 1 aromatic rings. The number of rotatable bonds is 1. The van der Waals surface area contributed by atoms with Gasteiger partial charge in [0.1, 0.15) is 0 Å². The lowest BCUT2D eigenvalue weighted by Crippen LogP contribution is -2.65. The van der Waals surface area contributed by atoms with Crippen molar-refractivity contribution in [3.8, 4) is 0 Å². The van der Waals surface area contributed by atoms with Gasteiger partial charge in [-0.15, -0.1) is 0 Å². The van der Waals surface area contributed by atoms with Crippen molar-refractivity contribution < 1.29 is 0 Å². The Morgan fingerprint density at radius 3 is 3.00 bits per heavy atom. The number of hydrogen-bond acceptors (Lipinski definition) is 3. The number of piperidine rings is 1. The van der Waals surface area contributed by atoms with Crippen molar-refractivity contribution in [3.05, 3.63) is 24.5 Å². The minimum atomic E-state index is 0.425. The van der Waals surface area contributed by atoms with E-state index in [9.17, 15) is 0 Å². The summed E-state index contributed by atoms with van der Waals surface area (Å²) in [7, 11) is 0. The van der Waals surface area contributed by atoms with Gasteiger partial charge in [-0.2, -0.15) is 0 Å². The van der Waals surface area contributed by atoms with Crippen LogP contribution in [0.15, 0.2) is 24.5 Å². The van der Waals surface area contributed by atoms with Crippen molar-refractivity contribution in [2.45, 2.75) is 24.8 Å². The fraction of sp³-hybridized carbons (Fsp3) is 0.583.